The van der Waals surface area contributed by atoms with Gasteiger partial charge in [0.1, 0.15) is 0 Å². The smallest absolute Gasteiger partial charge is 0.221 e. The van der Waals surface area contributed by atoms with Crippen LogP contribution < -0.4 is 5.32 Å². The summed E-state index contributed by atoms with van der Waals surface area (Å²) in [5.74, 6) is 1.18. The predicted molar refractivity (Wildman–Crippen MR) is 64.0 cm³/mol. The fourth-order valence-corrected chi connectivity index (χ4v) is 3.06. The van der Waals surface area contributed by atoms with Gasteiger partial charge in [-0.25, -0.2) is 0 Å². The molecule has 1 aromatic carbocycles. The molecular weight excluding hydrogens is 206 g/mol. The standard InChI is InChI=1S/C12H15NOS/c1-9-4-2-3-5-10(9)11-8-12(14)13-6-7-15-11/h2-5,11H,6-8H2,1H3,(H,13,14). The quantitative estimate of drug-likeness (QED) is 0.788. The molecule has 1 unspecified atom stereocenters. The van der Waals surface area contributed by atoms with Crippen LogP contribution in [0.1, 0.15) is 22.8 Å². The Bertz CT molecular complexity index is 364. The highest BCUT2D eigenvalue weighted by Gasteiger charge is 2.20. The molecule has 2 nitrogen and oxygen atoms in total. The molecule has 1 aromatic rings. The number of hydrogen-bond acceptors (Lipinski definition) is 2. The number of rotatable bonds is 1. The van der Waals surface area contributed by atoms with Crippen molar-refractivity contribution in [1.82, 2.24) is 5.32 Å². The number of nitrogens with one attached hydrogen (secondary N) is 1. The minimum Gasteiger partial charge on any atom is -0.355 e. The number of carbonyl (C=O) groups is 1. The molecule has 1 N–H and O–H groups in total. The summed E-state index contributed by atoms with van der Waals surface area (Å²) in [7, 11) is 0. The Labute approximate surface area is 94.4 Å². The maximum Gasteiger partial charge on any atom is 0.221 e. The second kappa shape index (κ2) is 4.71. The highest BCUT2D eigenvalue weighted by molar-refractivity contribution is 7.99. The van der Waals surface area contributed by atoms with Gasteiger partial charge in [0, 0.05) is 24.0 Å². The predicted octanol–water partition coefficient (Wildman–Crippen LogP) is 2.29. The van der Waals surface area contributed by atoms with Gasteiger partial charge in [-0.3, -0.25) is 4.79 Å². The molecule has 15 heavy (non-hydrogen) atoms. The van der Waals surface area contributed by atoms with Crippen molar-refractivity contribution in [3.63, 3.8) is 0 Å². The van der Waals surface area contributed by atoms with Crippen molar-refractivity contribution in [2.45, 2.75) is 18.6 Å². The van der Waals surface area contributed by atoms with Gasteiger partial charge in [0.25, 0.3) is 0 Å². The van der Waals surface area contributed by atoms with Gasteiger partial charge in [-0.2, -0.15) is 11.8 Å². The van der Waals surface area contributed by atoms with E-state index in [-0.39, 0.29) is 5.91 Å². The summed E-state index contributed by atoms with van der Waals surface area (Å²) in [6, 6.07) is 8.33. The van der Waals surface area contributed by atoms with Gasteiger partial charge >= 0.3 is 0 Å². The Hall–Kier alpha value is -0.960. The summed E-state index contributed by atoms with van der Waals surface area (Å²) < 4.78 is 0. The van der Waals surface area contributed by atoms with E-state index in [9.17, 15) is 4.79 Å². The molecule has 2 rings (SSSR count). The first-order valence-corrected chi connectivity index (χ1v) is 6.26. The second-order valence-electron chi connectivity index (χ2n) is 3.77. The maximum atomic E-state index is 11.5. The van der Waals surface area contributed by atoms with Crippen LogP contribution in [-0.2, 0) is 4.79 Å². The summed E-state index contributed by atoms with van der Waals surface area (Å²) in [6.07, 6.45) is 0.607. The molecule has 0 aliphatic carbocycles. The van der Waals surface area contributed by atoms with Crippen LogP contribution in [0.3, 0.4) is 0 Å². The number of amides is 1. The van der Waals surface area contributed by atoms with Crippen LogP contribution >= 0.6 is 11.8 Å². The Morgan fingerprint density at radius 2 is 2.20 bits per heavy atom. The van der Waals surface area contributed by atoms with Gasteiger partial charge in [-0.15, -0.1) is 0 Å². The molecule has 1 amide bonds. The van der Waals surface area contributed by atoms with Crippen LogP contribution in [0.15, 0.2) is 24.3 Å². The molecule has 0 spiro atoms. The third-order valence-electron chi connectivity index (χ3n) is 2.65. The summed E-state index contributed by atoms with van der Waals surface area (Å²) in [6.45, 7) is 2.91. The maximum absolute atomic E-state index is 11.5. The number of carbonyl (C=O) groups excluding carboxylic acids is 1. The molecule has 0 saturated carbocycles. The summed E-state index contributed by atoms with van der Waals surface area (Å²) in [5.41, 5.74) is 2.59. The Balaban J connectivity index is 2.22. The van der Waals surface area contributed by atoms with E-state index in [0.29, 0.717) is 11.7 Å². The fraction of sp³-hybridized carbons (Fsp3) is 0.417. The fourth-order valence-electron chi connectivity index (χ4n) is 1.84. The molecule has 1 aliphatic heterocycles. The average Bonchev–Trinajstić information content (AvgIpc) is 2.43. The molecule has 1 aliphatic rings. The lowest BCUT2D eigenvalue weighted by Crippen LogP contribution is -2.23. The van der Waals surface area contributed by atoms with Gasteiger partial charge in [-0.1, -0.05) is 24.3 Å². The lowest BCUT2D eigenvalue weighted by atomic mass is 10.0. The molecule has 3 heteroatoms. The van der Waals surface area contributed by atoms with Crippen LogP contribution in [-0.4, -0.2) is 18.2 Å². The number of hydrogen-bond donors (Lipinski definition) is 1. The topological polar surface area (TPSA) is 29.1 Å². The molecule has 0 aromatic heterocycles. The van der Waals surface area contributed by atoms with E-state index in [1.54, 1.807) is 0 Å². The number of thioether (sulfide) groups is 1. The highest BCUT2D eigenvalue weighted by atomic mass is 32.2. The summed E-state index contributed by atoms with van der Waals surface area (Å²) in [5, 5.41) is 3.23. The summed E-state index contributed by atoms with van der Waals surface area (Å²) >= 11 is 1.87. The van der Waals surface area contributed by atoms with Crippen molar-refractivity contribution in [3.8, 4) is 0 Å². The van der Waals surface area contributed by atoms with Crippen LogP contribution in [0.5, 0.6) is 0 Å². The van der Waals surface area contributed by atoms with Crippen molar-refractivity contribution in [2.24, 2.45) is 0 Å². The van der Waals surface area contributed by atoms with Gasteiger partial charge in [0.2, 0.25) is 5.91 Å². The molecular formula is C12H15NOS. The third-order valence-corrected chi connectivity index (χ3v) is 3.91. The monoisotopic (exact) mass is 221 g/mol. The van der Waals surface area contributed by atoms with E-state index < -0.39 is 0 Å². The van der Waals surface area contributed by atoms with E-state index in [4.69, 9.17) is 0 Å². The minimum absolute atomic E-state index is 0.174. The first-order chi connectivity index (χ1) is 7.27. The van der Waals surface area contributed by atoms with Crippen molar-refractivity contribution in [2.75, 3.05) is 12.3 Å². The van der Waals surface area contributed by atoms with E-state index >= 15 is 0 Å². The van der Waals surface area contributed by atoms with Crippen LogP contribution in [0.2, 0.25) is 0 Å². The van der Waals surface area contributed by atoms with E-state index in [2.05, 4.69) is 24.4 Å². The molecule has 1 fully saturated rings. The molecule has 1 saturated heterocycles. The number of benzene rings is 1. The first-order valence-electron chi connectivity index (χ1n) is 5.21. The molecule has 1 atom stereocenters. The normalized spacial score (nSPS) is 21.9. The lowest BCUT2D eigenvalue weighted by Gasteiger charge is -2.15. The SMILES string of the molecule is Cc1ccccc1C1CC(=O)NCCS1. The Morgan fingerprint density at radius 3 is 3.00 bits per heavy atom. The van der Waals surface area contributed by atoms with Crippen molar-refractivity contribution < 1.29 is 4.79 Å². The van der Waals surface area contributed by atoms with Crippen LogP contribution in [0, 0.1) is 6.92 Å². The zero-order valence-corrected chi connectivity index (χ0v) is 9.64. The van der Waals surface area contributed by atoms with Crippen LogP contribution in [0.4, 0.5) is 0 Å². The largest absolute Gasteiger partial charge is 0.355 e. The average molecular weight is 221 g/mol. The zero-order valence-electron chi connectivity index (χ0n) is 8.82. The molecule has 1 heterocycles. The second-order valence-corrected chi connectivity index (χ2v) is 5.08. The van der Waals surface area contributed by atoms with Gasteiger partial charge in [0.05, 0.1) is 0 Å². The van der Waals surface area contributed by atoms with Crippen molar-refractivity contribution >= 4 is 17.7 Å². The highest BCUT2D eigenvalue weighted by Crippen LogP contribution is 2.34. The first kappa shape index (κ1) is 10.6. The lowest BCUT2D eigenvalue weighted by molar-refractivity contribution is -0.120. The Kier molecular flexibility index (Phi) is 3.31. The van der Waals surface area contributed by atoms with Gasteiger partial charge < -0.3 is 5.32 Å². The van der Waals surface area contributed by atoms with Gasteiger partial charge in [-0.05, 0) is 18.1 Å². The molecule has 80 valence electrons. The van der Waals surface area contributed by atoms with Crippen molar-refractivity contribution in [3.05, 3.63) is 35.4 Å². The Morgan fingerprint density at radius 1 is 1.40 bits per heavy atom. The molecule has 0 radical (unpaired) electrons. The van der Waals surface area contributed by atoms with E-state index in [1.165, 1.54) is 11.1 Å². The number of aryl methyl sites for hydroxylation is 1. The zero-order chi connectivity index (χ0) is 10.7. The van der Waals surface area contributed by atoms with E-state index in [1.807, 2.05) is 23.9 Å². The van der Waals surface area contributed by atoms with Crippen molar-refractivity contribution in [1.29, 1.82) is 0 Å². The van der Waals surface area contributed by atoms with Gasteiger partial charge in [0.15, 0.2) is 0 Å². The molecule has 0 bridgehead atoms. The van der Waals surface area contributed by atoms with Crippen LogP contribution in [0.25, 0.3) is 0 Å². The van der Waals surface area contributed by atoms with E-state index in [0.717, 1.165) is 12.3 Å². The third kappa shape index (κ3) is 2.53. The minimum atomic E-state index is 0.174. The summed E-state index contributed by atoms with van der Waals surface area (Å²) in [4.78, 5) is 11.5.